The van der Waals surface area contributed by atoms with Gasteiger partial charge in [-0.1, -0.05) is 39.0 Å². The van der Waals surface area contributed by atoms with Gasteiger partial charge in [0.2, 0.25) is 0 Å². The Kier molecular flexibility index (Phi) is 6.09. The normalized spacial score (nSPS) is 15.5. The van der Waals surface area contributed by atoms with E-state index in [4.69, 9.17) is 0 Å². The minimum atomic E-state index is 0.898. The van der Waals surface area contributed by atoms with Crippen LogP contribution in [0.15, 0.2) is 6.33 Å². The number of nitrogens with zero attached hydrogens (tertiary/aromatic N) is 2. The van der Waals surface area contributed by atoms with Crippen molar-refractivity contribution in [2.24, 2.45) is 5.92 Å². The standard InChI is InChI=1S/C16H28N4/c1-3-7-14-15(17-4-2)19-12-20-16(14)18-11-10-13-8-5-6-9-13/h12-13H,3-11H2,1-2H3,(H2,17,18,19,20). The molecule has 1 aliphatic rings. The summed E-state index contributed by atoms with van der Waals surface area (Å²) in [4.78, 5) is 8.81. The quantitative estimate of drug-likeness (QED) is 0.757. The van der Waals surface area contributed by atoms with Gasteiger partial charge >= 0.3 is 0 Å². The number of hydrogen-bond acceptors (Lipinski definition) is 4. The van der Waals surface area contributed by atoms with Crippen LogP contribution >= 0.6 is 0 Å². The van der Waals surface area contributed by atoms with E-state index in [-0.39, 0.29) is 0 Å². The zero-order valence-corrected chi connectivity index (χ0v) is 12.9. The molecule has 0 unspecified atom stereocenters. The van der Waals surface area contributed by atoms with Crippen LogP contribution < -0.4 is 10.6 Å². The second-order valence-corrected chi connectivity index (χ2v) is 5.70. The fraction of sp³-hybridized carbons (Fsp3) is 0.750. The van der Waals surface area contributed by atoms with E-state index in [2.05, 4.69) is 34.4 Å². The van der Waals surface area contributed by atoms with Crippen LogP contribution in [0.5, 0.6) is 0 Å². The third kappa shape index (κ3) is 4.09. The van der Waals surface area contributed by atoms with Gasteiger partial charge in [0.05, 0.1) is 0 Å². The maximum atomic E-state index is 4.44. The molecule has 0 atom stereocenters. The first-order valence-corrected chi connectivity index (χ1v) is 8.16. The summed E-state index contributed by atoms with van der Waals surface area (Å²) in [6, 6.07) is 0. The molecule has 4 nitrogen and oxygen atoms in total. The predicted octanol–water partition coefficient (Wildman–Crippen LogP) is 3.85. The molecule has 1 aliphatic carbocycles. The molecule has 2 N–H and O–H groups in total. The smallest absolute Gasteiger partial charge is 0.134 e. The van der Waals surface area contributed by atoms with Crippen LogP contribution in [0.1, 0.15) is 57.9 Å². The van der Waals surface area contributed by atoms with Crippen LogP contribution in [0, 0.1) is 5.92 Å². The SMILES string of the molecule is CCCc1c(NCC)ncnc1NCCC1CCCC1. The fourth-order valence-electron chi connectivity index (χ4n) is 3.06. The van der Waals surface area contributed by atoms with Crippen molar-refractivity contribution in [2.75, 3.05) is 23.7 Å². The first kappa shape index (κ1) is 15.1. The van der Waals surface area contributed by atoms with Crippen molar-refractivity contribution in [3.63, 3.8) is 0 Å². The van der Waals surface area contributed by atoms with Crippen LogP contribution in [-0.2, 0) is 6.42 Å². The van der Waals surface area contributed by atoms with Gasteiger partial charge in [0, 0.05) is 18.7 Å². The average Bonchev–Trinajstić information content (AvgIpc) is 2.96. The van der Waals surface area contributed by atoms with Crippen molar-refractivity contribution in [2.45, 2.75) is 58.8 Å². The fourth-order valence-corrected chi connectivity index (χ4v) is 3.06. The monoisotopic (exact) mass is 276 g/mol. The van der Waals surface area contributed by atoms with E-state index in [1.165, 1.54) is 37.7 Å². The molecule has 0 amide bonds. The summed E-state index contributed by atoms with van der Waals surface area (Å²) in [6.45, 7) is 6.23. The van der Waals surface area contributed by atoms with E-state index in [0.29, 0.717) is 0 Å². The second kappa shape index (κ2) is 8.08. The third-order valence-electron chi connectivity index (χ3n) is 4.11. The highest BCUT2D eigenvalue weighted by atomic mass is 15.1. The number of nitrogens with one attached hydrogen (secondary N) is 2. The molecule has 2 rings (SSSR count). The minimum Gasteiger partial charge on any atom is -0.370 e. The van der Waals surface area contributed by atoms with Crippen molar-refractivity contribution < 1.29 is 0 Å². The summed E-state index contributed by atoms with van der Waals surface area (Å²) >= 11 is 0. The Labute approximate surface area is 122 Å². The highest BCUT2D eigenvalue weighted by Gasteiger charge is 2.15. The molecule has 0 aliphatic heterocycles. The molecule has 0 saturated heterocycles. The molecule has 1 aromatic rings. The van der Waals surface area contributed by atoms with Crippen molar-refractivity contribution in [1.29, 1.82) is 0 Å². The molecule has 0 spiro atoms. The molecule has 0 bridgehead atoms. The Morgan fingerprint density at radius 2 is 1.80 bits per heavy atom. The number of anilines is 2. The molecule has 4 heteroatoms. The molecule has 0 radical (unpaired) electrons. The molecular weight excluding hydrogens is 248 g/mol. The van der Waals surface area contributed by atoms with Gasteiger partial charge in [-0.2, -0.15) is 0 Å². The van der Waals surface area contributed by atoms with E-state index in [1.54, 1.807) is 6.33 Å². The first-order chi connectivity index (χ1) is 9.85. The van der Waals surface area contributed by atoms with Crippen molar-refractivity contribution in [1.82, 2.24) is 9.97 Å². The molecule has 1 fully saturated rings. The largest absolute Gasteiger partial charge is 0.370 e. The second-order valence-electron chi connectivity index (χ2n) is 5.70. The van der Waals surface area contributed by atoms with Gasteiger partial charge in [-0.25, -0.2) is 9.97 Å². The van der Waals surface area contributed by atoms with E-state index >= 15 is 0 Å². The minimum absolute atomic E-state index is 0.898. The summed E-state index contributed by atoms with van der Waals surface area (Å²) in [5.74, 6) is 2.94. The first-order valence-electron chi connectivity index (χ1n) is 8.16. The zero-order chi connectivity index (χ0) is 14.2. The maximum absolute atomic E-state index is 4.44. The van der Waals surface area contributed by atoms with Crippen molar-refractivity contribution in [3.05, 3.63) is 11.9 Å². The Hall–Kier alpha value is -1.32. The zero-order valence-electron chi connectivity index (χ0n) is 12.9. The maximum Gasteiger partial charge on any atom is 0.134 e. The van der Waals surface area contributed by atoms with Crippen LogP contribution in [0.3, 0.4) is 0 Å². The van der Waals surface area contributed by atoms with Crippen LogP contribution in [0.2, 0.25) is 0 Å². The Bertz CT molecular complexity index is 399. The summed E-state index contributed by atoms with van der Waals surface area (Å²) in [6.07, 6.45) is 10.7. The lowest BCUT2D eigenvalue weighted by atomic mass is 10.0. The van der Waals surface area contributed by atoms with Crippen LogP contribution in [0.4, 0.5) is 11.6 Å². The van der Waals surface area contributed by atoms with Gasteiger partial charge in [-0.3, -0.25) is 0 Å². The van der Waals surface area contributed by atoms with Gasteiger partial charge in [0.25, 0.3) is 0 Å². The highest BCUT2D eigenvalue weighted by molar-refractivity contribution is 5.57. The van der Waals surface area contributed by atoms with Gasteiger partial charge in [-0.15, -0.1) is 0 Å². The van der Waals surface area contributed by atoms with Gasteiger partial charge in [0.15, 0.2) is 0 Å². The van der Waals surface area contributed by atoms with Gasteiger partial charge < -0.3 is 10.6 Å². The number of aromatic nitrogens is 2. The van der Waals surface area contributed by atoms with Crippen molar-refractivity contribution in [3.8, 4) is 0 Å². The number of rotatable bonds is 8. The van der Waals surface area contributed by atoms with E-state index in [0.717, 1.165) is 43.5 Å². The lowest BCUT2D eigenvalue weighted by molar-refractivity contribution is 0.518. The number of hydrogen-bond donors (Lipinski definition) is 2. The third-order valence-corrected chi connectivity index (χ3v) is 4.11. The lowest BCUT2D eigenvalue weighted by Crippen LogP contribution is -2.12. The van der Waals surface area contributed by atoms with Gasteiger partial charge in [0.1, 0.15) is 18.0 Å². The van der Waals surface area contributed by atoms with E-state index in [1.807, 2.05) is 0 Å². The summed E-state index contributed by atoms with van der Waals surface area (Å²) in [7, 11) is 0. The highest BCUT2D eigenvalue weighted by Crippen LogP contribution is 2.28. The molecule has 20 heavy (non-hydrogen) atoms. The molecular formula is C16H28N4. The molecule has 1 heterocycles. The van der Waals surface area contributed by atoms with Crippen LogP contribution in [-0.4, -0.2) is 23.1 Å². The predicted molar refractivity (Wildman–Crippen MR) is 85.3 cm³/mol. The topological polar surface area (TPSA) is 49.8 Å². The Morgan fingerprint density at radius 1 is 1.10 bits per heavy atom. The van der Waals surface area contributed by atoms with Crippen molar-refractivity contribution >= 4 is 11.6 Å². The summed E-state index contributed by atoms with van der Waals surface area (Å²) in [5, 5.41) is 6.87. The Balaban J connectivity index is 1.95. The molecule has 1 aromatic heterocycles. The molecule has 112 valence electrons. The van der Waals surface area contributed by atoms with Crippen LogP contribution in [0.25, 0.3) is 0 Å². The summed E-state index contributed by atoms with van der Waals surface area (Å²) < 4.78 is 0. The Morgan fingerprint density at radius 3 is 2.45 bits per heavy atom. The molecule has 1 saturated carbocycles. The van der Waals surface area contributed by atoms with Gasteiger partial charge in [-0.05, 0) is 25.7 Å². The van der Waals surface area contributed by atoms with E-state index < -0.39 is 0 Å². The average molecular weight is 276 g/mol. The summed E-state index contributed by atoms with van der Waals surface area (Å²) in [5.41, 5.74) is 1.24. The van der Waals surface area contributed by atoms with E-state index in [9.17, 15) is 0 Å². The lowest BCUT2D eigenvalue weighted by Gasteiger charge is -2.15. The molecule has 0 aromatic carbocycles.